The molecule has 112 valence electrons. The van der Waals surface area contributed by atoms with Crippen LogP contribution in [0.5, 0.6) is 0 Å². The van der Waals surface area contributed by atoms with Crippen LogP contribution in [0.2, 0.25) is 10.0 Å². The van der Waals surface area contributed by atoms with Gasteiger partial charge in [0.05, 0.1) is 0 Å². The van der Waals surface area contributed by atoms with E-state index in [1.165, 1.54) is 12.0 Å². The molecule has 1 aliphatic rings. The Balaban J connectivity index is 0.000000774. The van der Waals surface area contributed by atoms with Crippen molar-refractivity contribution in [2.24, 2.45) is 0 Å². The lowest BCUT2D eigenvalue weighted by Gasteiger charge is -2.16. The standard InChI is InChI=1S/C15H15Cl2NS.CH2O/c16-14-2-1-12(15(17)7-14)9-18-5-3-11(8-18)13-4-6-19-10-13;1-2/h1-2,4,6-7,10-11H,3,5,8-9H2;1H2/t11-;/m1./s1. The molecule has 0 aliphatic carbocycles. The normalized spacial score (nSPS) is 18.3. The van der Waals surface area contributed by atoms with E-state index in [-0.39, 0.29) is 0 Å². The maximum absolute atomic E-state index is 8.00. The van der Waals surface area contributed by atoms with Crippen molar-refractivity contribution >= 4 is 41.3 Å². The second-order valence-corrected chi connectivity index (χ2v) is 6.64. The minimum atomic E-state index is 0.678. The molecule has 0 bridgehead atoms. The molecule has 3 rings (SSSR count). The monoisotopic (exact) mass is 341 g/mol. The maximum Gasteiger partial charge on any atom is 0.106 e. The zero-order valence-corrected chi connectivity index (χ0v) is 13.9. The van der Waals surface area contributed by atoms with E-state index in [0.717, 1.165) is 30.2 Å². The average molecular weight is 342 g/mol. The molecule has 0 saturated carbocycles. The molecule has 0 N–H and O–H groups in total. The van der Waals surface area contributed by atoms with Crippen LogP contribution in [0.1, 0.15) is 23.5 Å². The van der Waals surface area contributed by atoms with Gasteiger partial charge in [-0.2, -0.15) is 11.3 Å². The molecule has 21 heavy (non-hydrogen) atoms. The van der Waals surface area contributed by atoms with Crippen molar-refractivity contribution in [1.29, 1.82) is 0 Å². The highest BCUT2D eigenvalue weighted by molar-refractivity contribution is 7.08. The van der Waals surface area contributed by atoms with Crippen LogP contribution < -0.4 is 0 Å². The molecule has 1 saturated heterocycles. The van der Waals surface area contributed by atoms with Crippen LogP contribution in [0.25, 0.3) is 0 Å². The van der Waals surface area contributed by atoms with Crippen molar-refractivity contribution in [2.75, 3.05) is 13.1 Å². The second kappa shape index (κ2) is 7.95. The quantitative estimate of drug-likeness (QED) is 0.794. The molecule has 1 atom stereocenters. The number of halogens is 2. The van der Waals surface area contributed by atoms with E-state index in [0.29, 0.717) is 10.9 Å². The molecule has 1 aliphatic heterocycles. The SMILES string of the molecule is C=O.Clc1ccc(CN2CC[C@@H](c3ccsc3)C2)c(Cl)c1. The van der Waals surface area contributed by atoms with Gasteiger partial charge in [-0.25, -0.2) is 0 Å². The third-order valence-electron chi connectivity index (χ3n) is 3.70. The van der Waals surface area contributed by atoms with Crippen LogP contribution >= 0.6 is 34.5 Å². The fourth-order valence-corrected chi connectivity index (χ4v) is 3.86. The number of hydrogen-bond acceptors (Lipinski definition) is 3. The highest BCUT2D eigenvalue weighted by atomic mass is 35.5. The van der Waals surface area contributed by atoms with Crippen LogP contribution in [0.4, 0.5) is 0 Å². The summed E-state index contributed by atoms with van der Waals surface area (Å²) < 4.78 is 0. The molecule has 0 radical (unpaired) electrons. The lowest BCUT2D eigenvalue weighted by atomic mass is 10.0. The summed E-state index contributed by atoms with van der Waals surface area (Å²) in [6.07, 6.45) is 1.24. The number of thiophene rings is 1. The smallest absolute Gasteiger partial charge is 0.106 e. The van der Waals surface area contributed by atoms with Crippen LogP contribution in [0, 0.1) is 0 Å². The second-order valence-electron chi connectivity index (χ2n) is 5.01. The molecule has 2 aromatic rings. The molecule has 2 nitrogen and oxygen atoms in total. The van der Waals surface area contributed by atoms with Gasteiger partial charge in [0.25, 0.3) is 0 Å². The summed E-state index contributed by atoms with van der Waals surface area (Å²) in [5.74, 6) is 0.678. The Kier molecular flexibility index (Phi) is 6.24. The lowest BCUT2D eigenvalue weighted by Crippen LogP contribution is -2.19. The summed E-state index contributed by atoms with van der Waals surface area (Å²) in [5, 5.41) is 5.90. The maximum atomic E-state index is 8.00. The van der Waals surface area contributed by atoms with Crippen LogP contribution in [-0.4, -0.2) is 24.8 Å². The van der Waals surface area contributed by atoms with Crippen LogP contribution in [0.15, 0.2) is 35.0 Å². The summed E-state index contributed by atoms with van der Waals surface area (Å²) in [7, 11) is 0. The third kappa shape index (κ3) is 4.30. The van der Waals surface area contributed by atoms with E-state index in [1.54, 1.807) is 11.3 Å². The Hall–Kier alpha value is -0.870. The van der Waals surface area contributed by atoms with Gasteiger partial charge in [0.15, 0.2) is 0 Å². The minimum absolute atomic E-state index is 0.678. The first kappa shape index (κ1) is 16.5. The topological polar surface area (TPSA) is 20.3 Å². The summed E-state index contributed by atoms with van der Waals surface area (Å²) in [4.78, 5) is 10.5. The molecule has 0 unspecified atom stereocenters. The van der Waals surface area contributed by atoms with E-state index in [4.69, 9.17) is 28.0 Å². The summed E-state index contributed by atoms with van der Waals surface area (Å²) in [6, 6.07) is 8.01. The van der Waals surface area contributed by atoms with E-state index in [9.17, 15) is 0 Å². The van der Waals surface area contributed by atoms with E-state index in [1.807, 2.05) is 25.0 Å². The van der Waals surface area contributed by atoms with Crippen LogP contribution in [-0.2, 0) is 11.3 Å². The number of benzene rings is 1. The van der Waals surface area contributed by atoms with Gasteiger partial charge >= 0.3 is 0 Å². The molecule has 1 aromatic heterocycles. The highest BCUT2D eigenvalue weighted by Crippen LogP contribution is 2.30. The van der Waals surface area contributed by atoms with Gasteiger partial charge < -0.3 is 4.79 Å². The molecule has 0 spiro atoms. The van der Waals surface area contributed by atoms with Crippen molar-refractivity contribution in [3.05, 3.63) is 56.2 Å². The van der Waals surface area contributed by atoms with Gasteiger partial charge in [0, 0.05) is 23.1 Å². The molecule has 2 heterocycles. The number of rotatable bonds is 3. The summed E-state index contributed by atoms with van der Waals surface area (Å²) in [5.41, 5.74) is 2.65. The minimum Gasteiger partial charge on any atom is -0.307 e. The number of nitrogens with zero attached hydrogens (tertiary/aromatic N) is 1. The Labute approximate surface area is 139 Å². The molecule has 1 aromatic carbocycles. The Morgan fingerprint density at radius 2 is 2.10 bits per heavy atom. The largest absolute Gasteiger partial charge is 0.307 e. The number of likely N-dealkylation sites (tertiary alicyclic amines) is 1. The van der Waals surface area contributed by atoms with Crippen LogP contribution in [0.3, 0.4) is 0 Å². The molecule has 5 heteroatoms. The zero-order valence-electron chi connectivity index (χ0n) is 11.6. The summed E-state index contributed by atoms with van der Waals surface area (Å²) >= 11 is 13.9. The van der Waals surface area contributed by atoms with Gasteiger partial charge in [0.1, 0.15) is 6.79 Å². The van der Waals surface area contributed by atoms with E-state index >= 15 is 0 Å². The molecule has 1 fully saturated rings. The van der Waals surface area contributed by atoms with Gasteiger partial charge in [-0.05, 0) is 59.0 Å². The summed E-state index contributed by atoms with van der Waals surface area (Å²) in [6.45, 7) is 5.17. The lowest BCUT2D eigenvalue weighted by molar-refractivity contribution is -0.0979. The first-order valence-electron chi connectivity index (χ1n) is 6.69. The number of carbonyl (C=O) groups excluding carboxylic acids is 1. The highest BCUT2D eigenvalue weighted by Gasteiger charge is 2.24. The number of carbonyl (C=O) groups is 1. The van der Waals surface area contributed by atoms with Gasteiger partial charge in [-0.1, -0.05) is 29.3 Å². The molecule has 0 amide bonds. The van der Waals surface area contributed by atoms with Crippen molar-refractivity contribution < 1.29 is 4.79 Å². The molecular formula is C16H17Cl2NOS. The van der Waals surface area contributed by atoms with Crippen molar-refractivity contribution in [3.8, 4) is 0 Å². The Bertz CT molecular complexity index is 574. The first-order valence-corrected chi connectivity index (χ1v) is 8.39. The fraction of sp³-hybridized carbons (Fsp3) is 0.312. The predicted octanol–water partition coefficient (Wildman–Crippen LogP) is 4.86. The molecular weight excluding hydrogens is 325 g/mol. The third-order valence-corrected chi connectivity index (χ3v) is 4.98. The Morgan fingerprint density at radius 3 is 2.76 bits per heavy atom. The number of hydrogen-bond donors (Lipinski definition) is 0. The van der Waals surface area contributed by atoms with Gasteiger partial charge in [-0.15, -0.1) is 0 Å². The van der Waals surface area contributed by atoms with Gasteiger partial charge in [-0.3, -0.25) is 4.90 Å². The first-order chi connectivity index (χ1) is 10.2. The van der Waals surface area contributed by atoms with Gasteiger partial charge in [0.2, 0.25) is 0 Å². The predicted molar refractivity (Wildman–Crippen MR) is 90.5 cm³/mol. The fourth-order valence-electron chi connectivity index (χ4n) is 2.65. The van der Waals surface area contributed by atoms with Crippen molar-refractivity contribution in [1.82, 2.24) is 4.90 Å². The zero-order chi connectivity index (χ0) is 15.2. The van der Waals surface area contributed by atoms with E-state index < -0.39 is 0 Å². The average Bonchev–Trinajstić information content (AvgIpc) is 3.15. The van der Waals surface area contributed by atoms with Crippen molar-refractivity contribution in [2.45, 2.75) is 18.9 Å². The Morgan fingerprint density at radius 1 is 1.29 bits per heavy atom. The van der Waals surface area contributed by atoms with Crippen molar-refractivity contribution in [3.63, 3.8) is 0 Å². The van der Waals surface area contributed by atoms with E-state index in [2.05, 4.69) is 21.7 Å².